The molecule has 1 aliphatic rings. The predicted octanol–water partition coefficient (Wildman–Crippen LogP) is 2.99. The molecule has 1 heterocycles. The molecule has 0 bridgehead atoms. The van der Waals surface area contributed by atoms with Crippen molar-refractivity contribution >= 4 is 0 Å². The minimum Gasteiger partial charge on any atom is -0.317 e. The zero-order valence-electron chi connectivity index (χ0n) is 9.61. The van der Waals surface area contributed by atoms with E-state index in [4.69, 9.17) is 0 Å². The molecule has 1 N–H and O–H groups in total. The fraction of sp³-hybridized carbons (Fsp3) is 0.538. The number of benzene rings is 1. The summed E-state index contributed by atoms with van der Waals surface area (Å²) >= 11 is 0. The zero-order valence-corrected chi connectivity index (χ0v) is 9.61. The third kappa shape index (κ3) is 3.00. The van der Waals surface area contributed by atoms with E-state index in [1.54, 1.807) is 0 Å². The lowest BCUT2D eigenvalue weighted by Gasteiger charge is -2.23. The van der Waals surface area contributed by atoms with Gasteiger partial charge in [0.25, 0.3) is 0 Å². The van der Waals surface area contributed by atoms with E-state index in [9.17, 15) is 13.2 Å². The molecule has 17 heavy (non-hydrogen) atoms. The van der Waals surface area contributed by atoms with Gasteiger partial charge in [0.15, 0.2) is 11.6 Å². The van der Waals surface area contributed by atoms with Gasteiger partial charge in [-0.1, -0.05) is 12.1 Å². The van der Waals surface area contributed by atoms with Crippen LogP contribution >= 0.6 is 0 Å². The first kappa shape index (κ1) is 12.4. The second-order valence-corrected chi connectivity index (χ2v) is 4.64. The number of halogens is 3. The Labute approximate surface area is 99.0 Å². The molecule has 0 saturated carbocycles. The van der Waals surface area contributed by atoms with Crippen LogP contribution in [0.15, 0.2) is 18.2 Å². The molecule has 1 saturated heterocycles. The molecule has 2 rings (SSSR count). The third-order valence-electron chi connectivity index (χ3n) is 3.27. The van der Waals surface area contributed by atoms with E-state index in [2.05, 4.69) is 5.32 Å². The van der Waals surface area contributed by atoms with Crippen molar-refractivity contribution in [1.29, 1.82) is 0 Å². The van der Waals surface area contributed by atoms with E-state index in [0.717, 1.165) is 19.0 Å². The van der Waals surface area contributed by atoms with Crippen LogP contribution in [0.4, 0.5) is 13.2 Å². The van der Waals surface area contributed by atoms with Crippen LogP contribution in [0, 0.1) is 11.6 Å². The summed E-state index contributed by atoms with van der Waals surface area (Å²) in [6.07, 6.45) is 1.44. The van der Waals surface area contributed by atoms with Crippen LogP contribution in [0.1, 0.15) is 24.8 Å². The summed E-state index contributed by atoms with van der Waals surface area (Å²) in [6.45, 7) is 1.38. The number of hydrogen-bond acceptors (Lipinski definition) is 1. The Morgan fingerprint density at radius 3 is 2.82 bits per heavy atom. The SMILES string of the molecule is Fc1cccc(CC2(F)CCCNCC2)c1F. The molecule has 1 aromatic rings. The van der Waals surface area contributed by atoms with Gasteiger partial charge in [0.1, 0.15) is 5.67 Å². The lowest BCUT2D eigenvalue weighted by Crippen LogP contribution is -2.28. The maximum atomic E-state index is 14.5. The third-order valence-corrected chi connectivity index (χ3v) is 3.27. The van der Waals surface area contributed by atoms with E-state index in [-0.39, 0.29) is 12.0 Å². The highest BCUT2D eigenvalue weighted by Crippen LogP contribution is 2.30. The number of nitrogens with one attached hydrogen (secondary N) is 1. The Balaban J connectivity index is 2.15. The second-order valence-electron chi connectivity index (χ2n) is 4.64. The van der Waals surface area contributed by atoms with Crippen LogP contribution in [-0.2, 0) is 6.42 Å². The maximum absolute atomic E-state index is 14.5. The molecule has 1 atom stereocenters. The van der Waals surface area contributed by atoms with Crippen LogP contribution in [0.5, 0.6) is 0 Å². The molecule has 1 aromatic carbocycles. The molecule has 1 unspecified atom stereocenters. The second kappa shape index (κ2) is 5.08. The van der Waals surface area contributed by atoms with Gasteiger partial charge in [0.2, 0.25) is 0 Å². The van der Waals surface area contributed by atoms with Crippen molar-refractivity contribution in [3.8, 4) is 0 Å². The van der Waals surface area contributed by atoms with E-state index in [1.807, 2.05) is 0 Å². The molecule has 0 radical (unpaired) electrons. The molecule has 94 valence electrons. The fourth-order valence-corrected chi connectivity index (χ4v) is 2.30. The molecule has 0 aliphatic carbocycles. The van der Waals surface area contributed by atoms with E-state index in [1.165, 1.54) is 12.1 Å². The molecule has 0 aromatic heterocycles. The average Bonchev–Trinajstić information content (AvgIpc) is 2.50. The molecular formula is C13H16F3N. The molecule has 0 amide bonds. The van der Waals surface area contributed by atoms with Gasteiger partial charge in [-0.05, 0) is 44.0 Å². The molecule has 4 heteroatoms. The fourth-order valence-electron chi connectivity index (χ4n) is 2.30. The Morgan fingerprint density at radius 2 is 2.00 bits per heavy atom. The van der Waals surface area contributed by atoms with Crippen LogP contribution < -0.4 is 5.32 Å². The molecule has 1 aliphatic heterocycles. The lowest BCUT2D eigenvalue weighted by molar-refractivity contribution is 0.143. The summed E-state index contributed by atoms with van der Waals surface area (Å²) in [4.78, 5) is 0. The normalized spacial score (nSPS) is 25.6. The Bertz CT molecular complexity index is 384. The van der Waals surface area contributed by atoms with Gasteiger partial charge in [0, 0.05) is 6.42 Å². The highest BCUT2D eigenvalue weighted by Gasteiger charge is 2.31. The van der Waals surface area contributed by atoms with Crippen LogP contribution in [0.2, 0.25) is 0 Å². The van der Waals surface area contributed by atoms with Crippen LogP contribution in [0.25, 0.3) is 0 Å². The summed E-state index contributed by atoms with van der Waals surface area (Å²) < 4.78 is 41.0. The van der Waals surface area contributed by atoms with Crippen LogP contribution in [0.3, 0.4) is 0 Å². The molecule has 1 nitrogen and oxygen atoms in total. The largest absolute Gasteiger partial charge is 0.317 e. The monoisotopic (exact) mass is 243 g/mol. The number of rotatable bonds is 2. The minimum absolute atomic E-state index is 0.0434. The van der Waals surface area contributed by atoms with E-state index < -0.39 is 17.3 Å². The van der Waals surface area contributed by atoms with Gasteiger partial charge in [-0.3, -0.25) is 0 Å². The van der Waals surface area contributed by atoms with Crippen LogP contribution in [-0.4, -0.2) is 18.8 Å². The first-order valence-electron chi connectivity index (χ1n) is 5.93. The van der Waals surface area contributed by atoms with Crippen molar-refractivity contribution < 1.29 is 13.2 Å². The highest BCUT2D eigenvalue weighted by molar-refractivity contribution is 5.21. The standard InChI is InChI=1S/C13H16F3N/c14-11-4-1-3-10(12(11)15)9-13(16)5-2-7-17-8-6-13/h1,3-4,17H,2,5-9H2. The molecule has 1 fully saturated rings. The average molecular weight is 243 g/mol. The number of hydrogen-bond donors (Lipinski definition) is 1. The zero-order chi connectivity index (χ0) is 12.3. The highest BCUT2D eigenvalue weighted by atomic mass is 19.2. The quantitative estimate of drug-likeness (QED) is 0.842. The van der Waals surface area contributed by atoms with Gasteiger partial charge >= 0.3 is 0 Å². The first-order chi connectivity index (χ1) is 8.11. The Morgan fingerprint density at radius 1 is 1.18 bits per heavy atom. The van der Waals surface area contributed by atoms with Gasteiger partial charge < -0.3 is 5.32 Å². The van der Waals surface area contributed by atoms with Crippen molar-refractivity contribution in [2.24, 2.45) is 0 Å². The summed E-state index contributed by atoms with van der Waals surface area (Å²) in [5.74, 6) is -1.82. The Hall–Kier alpha value is -1.03. The first-order valence-corrected chi connectivity index (χ1v) is 5.93. The smallest absolute Gasteiger partial charge is 0.162 e. The number of alkyl halides is 1. The van der Waals surface area contributed by atoms with Gasteiger partial charge in [0.05, 0.1) is 0 Å². The Kier molecular flexibility index (Phi) is 3.72. The van der Waals surface area contributed by atoms with Gasteiger partial charge in [-0.15, -0.1) is 0 Å². The summed E-state index contributed by atoms with van der Waals surface area (Å²) in [5, 5.41) is 3.11. The molecule has 0 spiro atoms. The predicted molar refractivity (Wildman–Crippen MR) is 60.6 cm³/mol. The van der Waals surface area contributed by atoms with E-state index >= 15 is 0 Å². The minimum atomic E-state index is -1.42. The topological polar surface area (TPSA) is 12.0 Å². The van der Waals surface area contributed by atoms with Gasteiger partial charge in [-0.2, -0.15) is 0 Å². The summed E-state index contributed by atoms with van der Waals surface area (Å²) in [5.41, 5.74) is -1.28. The lowest BCUT2D eigenvalue weighted by atomic mass is 9.89. The van der Waals surface area contributed by atoms with Crippen molar-refractivity contribution in [3.05, 3.63) is 35.4 Å². The molecular weight excluding hydrogens is 227 g/mol. The van der Waals surface area contributed by atoms with E-state index in [0.29, 0.717) is 19.4 Å². The maximum Gasteiger partial charge on any atom is 0.162 e. The van der Waals surface area contributed by atoms with Crippen molar-refractivity contribution in [3.63, 3.8) is 0 Å². The van der Waals surface area contributed by atoms with Crippen molar-refractivity contribution in [2.75, 3.05) is 13.1 Å². The summed E-state index contributed by atoms with van der Waals surface area (Å²) in [7, 11) is 0. The van der Waals surface area contributed by atoms with Crippen molar-refractivity contribution in [2.45, 2.75) is 31.4 Å². The van der Waals surface area contributed by atoms with Crippen molar-refractivity contribution in [1.82, 2.24) is 5.32 Å². The van der Waals surface area contributed by atoms with Gasteiger partial charge in [-0.25, -0.2) is 13.2 Å². The summed E-state index contributed by atoms with van der Waals surface area (Å²) in [6, 6.07) is 3.93.